The maximum atomic E-state index is 13.2. The zero-order chi connectivity index (χ0) is 22.8. The van der Waals surface area contributed by atoms with Crippen molar-refractivity contribution in [3.63, 3.8) is 0 Å². The molecule has 0 spiro atoms. The second-order valence-electron chi connectivity index (χ2n) is 7.77. The van der Waals surface area contributed by atoms with Crippen LogP contribution in [0.25, 0.3) is 16.4 Å². The lowest BCUT2D eigenvalue weighted by atomic mass is 10.1. The van der Waals surface area contributed by atoms with Gasteiger partial charge in [0.25, 0.3) is 5.91 Å². The largest absolute Gasteiger partial charge is 0.497 e. The average Bonchev–Trinajstić information content (AvgIpc) is 3.54. The Hall–Kier alpha value is -3.72. The van der Waals surface area contributed by atoms with Gasteiger partial charge in [0.15, 0.2) is 5.13 Å². The lowest BCUT2D eigenvalue weighted by Gasteiger charge is -2.35. The van der Waals surface area contributed by atoms with Crippen LogP contribution < -0.4 is 9.64 Å². The minimum Gasteiger partial charge on any atom is -0.497 e. The summed E-state index contributed by atoms with van der Waals surface area (Å²) in [6, 6.07) is 13.7. The van der Waals surface area contributed by atoms with Crippen molar-refractivity contribution >= 4 is 23.1 Å². The van der Waals surface area contributed by atoms with Crippen molar-refractivity contribution in [3.05, 3.63) is 71.8 Å². The summed E-state index contributed by atoms with van der Waals surface area (Å²) in [5, 5.41) is 0.812. The highest BCUT2D eigenvalue weighted by atomic mass is 32.1. The lowest BCUT2D eigenvalue weighted by Crippen LogP contribution is -2.49. The number of carbonyl (C=O) groups is 1. The standard InChI is InChI=1S/C24H24N6O2S/c1-17-22(33-24(27-17)30-9-3-4-10-30)23(31)29-13-11-28(12-14-29)21-15-20(25-16-26-21)18-5-7-19(32-2)8-6-18/h3-10,15-16H,11-14H2,1-2H3. The number of aromatic nitrogens is 4. The molecule has 5 rings (SSSR count). The van der Waals surface area contributed by atoms with E-state index in [1.807, 2.05) is 71.2 Å². The number of rotatable bonds is 5. The molecule has 0 atom stereocenters. The molecule has 4 heterocycles. The molecule has 1 amide bonds. The van der Waals surface area contributed by atoms with Crippen LogP contribution in [0.1, 0.15) is 15.4 Å². The topological polar surface area (TPSA) is 76.4 Å². The smallest absolute Gasteiger partial charge is 0.266 e. The predicted octanol–water partition coefficient (Wildman–Crippen LogP) is 3.67. The highest BCUT2D eigenvalue weighted by molar-refractivity contribution is 7.16. The van der Waals surface area contributed by atoms with Gasteiger partial charge in [-0.3, -0.25) is 4.79 Å². The van der Waals surface area contributed by atoms with Gasteiger partial charge in [0.05, 0.1) is 18.5 Å². The van der Waals surface area contributed by atoms with Gasteiger partial charge in [0.2, 0.25) is 0 Å². The molecule has 0 N–H and O–H groups in total. The number of methoxy groups -OCH3 is 1. The molecule has 1 aliphatic rings. The fourth-order valence-electron chi connectivity index (χ4n) is 3.87. The minimum atomic E-state index is 0.0460. The third-order valence-corrected chi connectivity index (χ3v) is 6.89. The van der Waals surface area contributed by atoms with Gasteiger partial charge in [-0.05, 0) is 43.3 Å². The molecule has 9 heteroatoms. The number of benzene rings is 1. The van der Waals surface area contributed by atoms with Crippen molar-refractivity contribution in [1.82, 2.24) is 24.4 Å². The monoisotopic (exact) mass is 460 g/mol. The summed E-state index contributed by atoms with van der Waals surface area (Å²) in [6.07, 6.45) is 5.47. The molecule has 0 aliphatic carbocycles. The molecule has 0 bridgehead atoms. The van der Waals surface area contributed by atoms with E-state index < -0.39 is 0 Å². The Morgan fingerprint density at radius 1 is 1.03 bits per heavy atom. The summed E-state index contributed by atoms with van der Waals surface area (Å²) in [5.74, 6) is 1.72. The maximum absolute atomic E-state index is 13.2. The van der Waals surface area contributed by atoms with Crippen LogP contribution in [0.3, 0.4) is 0 Å². The summed E-state index contributed by atoms with van der Waals surface area (Å²) >= 11 is 1.44. The van der Waals surface area contributed by atoms with E-state index in [2.05, 4.69) is 19.9 Å². The number of hydrogen-bond donors (Lipinski definition) is 0. The van der Waals surface area contributed by atoms with E-state index in [-0.39, 0.29) is 5.91 Å². The minimum absolute atomic E-state index is 0.0460. The van der Waals surface area contributed by atoms with Crippen LogP contribution in [0.4, 0.5) is 5.82 Å². The van der Waals surface area contributed by atoms with Gasteiger partial charge in [-0.25, -0.2) is 15.0 Å². The molecule has 0 radical (unpaired) electrons. The molecule has 33 heavy (non-hydrogen) atoms. The van der Waals surface area contributed by atoms with E-state index in [1.165, 1.54) is 11.3 Å². The summed E-state index contributed by atoms with van der Waals surface area (Å²) in [4.78, 5) is 31.5. The molecule has 1 aliphatic heterocycles. The second kappa shape index (κ2) is 9.03. The van der Waals surface area contributed by atoms with Crippen LogP contribution >= 0.6 is 11.3 Å². The SMILES string of the molecule is COc1ccc(-c2cc(N3CCN(C(=O)c4sc(-n5cccc5)nc4C)CC3)ncn2)cc1. The van der Waals surface area contributed by atoms with Crippen LogP contribution in [-0.4, -0.2) is 63.6 Å². The van der Waals surface area contributed by atoms with Crippen molar-refractivity contribution in [3.8, 4) is 22.1 Å². The zero-order valence-electron chi connectivity index (χ0n) is 18.5. The van der Waals surface area contributed by atoms with Crippen molar-refractivity contribution in [2.24, 2.45) is 0 Å². The number of piperazine rings is 1. The fourth-order valence-corrected chi connectivity index (χ4v) is 4.88. The number of hydrogen-bond acceptors (Lipinski definition) is 7. The first kappa shape index (κ1) is 21.1. The van der Waals surface area contributed by atoms with E-state index >= 15 is 0 Å². The van der Waals surface area contributed by atoms with Gasteiger partial charge in [0.1, 0.15) is 22.8 Å². The highest BCUT2D eigenvalue weighted by Gasteiger charge is 2.26. The number of amides is 1. The number of thiazole rings is 1. The van der Waals surface area contributed by atoms with Gasteiger partial charge >= 0.3 is 0 Å². The molecular formula is C24H24N6O2S. The summed E-state index contributed by atoms with van der Waals surface area (Å²) < 4.78 is 7.17. The molecule has 3 aromatic heterocycles. The Kier molecular flexibility index (Phi) is 5.78. The highest BCUT2D eigenvalue weighted by Crippen LogP contribution is 2.26. The second-order valence-corrected chi connectivity index (χ2v) is 8.75. The van der Waals surface area contributed by atoms with Gasteiger partial charge in [-0.1, -0.05) is 11.3 Å². The third-order valence-electron chi connectivity index (χ3n) is 5.73. The third kappa shape index (κ3) is 4.31. The molecule has 1 aromatic carbocycles. The van der Waals surface area contributed by atoms with Gasteiger partial charge in [-0.15, -0.1) is 0 Å². The van der Waals surface area contributed by atoms with E-state index in [0.717, 1.165) is 33.7 Å². The molecule has 4 aromatic rings. The Labute approximate surface area is 196 Å². The van der Waals surface area contributed by atoms with Crippen LogP contribution in [0, 0.1) is 6.92 Å². The van der Waals surface area contributed by atoms with Crippen molar-refractivity contribution in [2.75, 3.05) is 38.2 Å². The molecule has 168 valence electrons. The normalized spacial score (nSPS) is 13.9. The van der Waals surface area contributed by atoms with E-state index in [9.17, 15) is 4.79 Å². The van der Waals surface area contributed by atoms with Gasteiger partial charge < -0.3 is 19.1 Å². The summed E-state index contributed by atoms with van der Waals surface area (Å²) in [5.41, 5.74) is 2.64. The first-order chi connectivity index (χ1) is 16.1. The van der Waals surface area contributed by atoms with Crippen molar-refractivity contribution in [1.29, 1.82) is 0 Å². The first-order valence-corrected chi connectivity index (χ1v) is 11.6. The van der Waals surface area contributed by atoms with E-state index in [0.29, 0.717) is 31.1 Å². The Bertz CT molecular complexity index is 1240. The van der Waals surface area contributed by atoms with E-state index in [4.69, 9.17) is 4.74 Å². The number of aryl methyl sites for hydroxylation is 1. The molecule has 1 saturated heterocycles. The van der Waals surface area contributed by atoms with Crippen molar-refractivity contribution < 1.29 is 9.53 Å². The number of nitrogens with zero attached hydrogens (tertiary/aromatic N) is 6. The zero-order valence-corrected chi connectivity index (χ0v) is 19.3. The van der Waals surface area contributed by atoms with Crippen molar-refractivity contribution in [2.45, 2.75) is 6.92 Å². The van der Waals surface area contributed by atoms with Crippen LogP contribution in [0.2, 0.25) is 0 Å². The number of anilines is 1. The number of carbonyl (C=O) groups excluding carboxylic acids is 1. The average molecular weight is 461 g/mol. The quantitative estimate of drug-likeness (QED) is 0.452. The maximum Gasteiger partial charge on any atom is 0.266 e. The molecular weight excluding hydrogens is 436 g/mol. The molecule has 0 saturated carbocycles. The van der Waals surface area contributed by atoms with Crippen LogP contribution in [0.5, 0.6) is 5.75 Å². The Balaban J connectivity index is 1.26. The Morgan fingerprint density at radius 2 is 1.76 bits per heavy atom. The first-order valence-electron chi connectivity index (χ1n) is 10.7. The number of ether oxygens (including phenoxy) is 1. The molecule has 8 nitrogen and oxygen atoms in total. The Morgan fingerprint density at radius 3 is 2.45 bits per heavy atom. The van der Waals surface area contributed by atoms with Crippen LogP contribution in [0.15, 0.2) is 61.2 Å². The molecule has 0 unspecified atom stereocenters. The summed E-state index contributed by atoms with van der Waals surface area (Å²) in [7, 11) is 1.65. The van der Waals surface area contributed by atoms with Gasteiger partial charge in [0, 0.05) is 50.2 Å². The molecule has 1 fully saturated rings. The van der Waals surface area contributed by atoms with E-state index in [1.54, 1.807) is 13.4 Å². The fraction of sp³-hybridized carbons (Fsp3) is 0.250. The van der Waals surface area contributed by atoms with Gasteiger partial charge in [-0.2, -0.15) is 0 Å². The lowest BCUT2D eigenvalue weighted by molar-refractivity contribution is 0.0750. The van der Waals surface area contributed by atoms with Crippen LogP contribution in [-0.2, 0) is 0 Å². The predicted molar refractivity (Wildman–Crippen MR) is 128 cm³/mol. The summed E-state index contributed by atoms with van der Waals surface area (Å²) in [6.45, 7) is 4.60.